The summed E-state index contributed by atoms with van der Waals surface area (Å²) in [5.41, 5.74) is 5.83. The van der Waals surface area contributed by atoms with Crippen molar-refractivity contribution < 1.29 is 4.74 Å². The highest BCUT2D eigenvalue weighted by Crippen LogP contribution is 2.30. The molecule has 0 amide bonds. The van der Waals surface area contributed by atoms with E-state index < -0.39 is 0 Å². The molecule has 0 atom stereocenters. The quantitative estimate of drug-likeness (QED) is 0.893. The van der Waals surface area contributed by atoms with Gasteiger partial charge in [0.1, 0.15) is 12.1 Å². The molecule has 21 heavy (non-hydrogen) atoms. The number of aromatic nitrogens is 3. The first-order chi connectivity index (χ1) is 10.3. The number of ether oxygens (including phenoxy) is 1. The van der Waals surface area contributed by atoms with E-state index in [1.54, 1.807) is 7.11 Å². The predicted octanol–water partition coefficient (Wildman–Crippen LogP) is 0.789. The zero-order valence-electron chi connectivity index (χ0n) is 11.9. The van der Waals surface area contributed by atoms with Crippen LogP contribution in [0, 0.1) is 0 Å². The number of hydrogen-bond donors (Lipinski definition) is 1. The Balaban J connectivity index is 1.73. The van der Waals surface area contributed by atoms with Crippen LogP contribution in [0.1, 0.15) is 0 Å². The topological polar surface area (TPSA) is 80.4 Å². The third-order valence-electron chi connectivity index (χ3n) is 3.57. The van der Waals surface area contributed by atoms with Crippen LogP contribution in [-0.4, -0.2) is 48.2 Å². The van der Waals surface area contributed by atoms with E-state index in [2.05, 4.69) is 24.8 Å². The van der Waals surface area contributed by atoms with Gasteiger partial charge in [0.15, 0.2) is 11.6 Å². The predicted molar refractivity (Wildman–Crippen MR) is 81.7 cm³/mol. The van der Waals surface area contributed by atoms with E-state index in [0.29, 0.717) is 11.6 Å². The molecule has 3 rings (SSSR count). The minimum atomic E-state index is 0.370. The van der Waals surface area contributed by atoms with Crippen LogP contribution in [0.3, 0.4) is 0 Å². The van der Waals surface area contributed by atoms with Crippen LogP contribution in [0.5, 0.6) is 5.75 Å². The van der Waals surface area contributed by atoms with Gasteiger partial charge in [-0.3, -0.25) is 0 Å². The van der Waals surface area contributed by atoms with Crippen molar-refractivity contribution in [1.29, 1.82) is 0 Å². The summed E-state index contributed by atoms with van der Waals surface area (Å²) < 4.78 is 5.32. The molecule has 7 nitrogen and oxygen atoms in total. The summed E-state index contributed by atoms with van der Waals surface area (Å²) in [5, 5.41) is 0. The summed E-state index contributed by atoms with van der Waals surface area (Å²) in [6.07, 6.45) is 3.29. The van der Waals surface area contributed by atoms with E-state index in [9.17, 15) is 0 Å². The second-order valence-electron chi connectivity index (χ2n) is 4.78. The van der Waals surface area contributed by atoms with E-state index in [0.717, 1.165) is 37.8 Å². The summed E-state index contributed by atoms with van der Waals surface area (Å²) in [6.45, 7) is 3.43. The lowest BCUT2D eigenvalue weighted by molar-refractivity contribution is 0.412. The fourth-order valence-corrected chi connectivity index (χ4v) is 2.49. The fourth-order valence-electron chi connectivity index (χ4n) is 2.49. The van der Waals surface area contributed by atoms with Crippen molar-refractivity contribution >= 4 is 17.5 Å². The molecule has 1 aliphatic rings. The maximum Gasteiger partial charge on any atom is 0.204 e. The number of pyridine rings is 1. The molecule has 0 unspecified atom stereocenters. The molecular formula is C14H18N6O. The smallest absolute Gasteiger partial charge is 0.204 e. The van der Waals surface area contributed by atoms with Gasteiger partial charge in [-0.05, 0) is 12.1 Å². The van der Waals surface area contributed by atoms with Gasteiger partial charge in [0.2, 0.25) is 5.75 Å². The van der Waals surface area contributed by atoms with Crippen LogP contribution >= 0.6 is 0 Å². The van der Waals surface area contributed by atoms with E-state index in [-0.39, 0.29) is 0 Å². The Morgan fingerprint density at radius 2 is 1.81 bits per heavy atom. The monoisotopic (exact) mass is 286 g/mol. The molecule has 2 N–H and O–H groups in total. The van der Waals surface area contributed by atoms with Gasteiger partial charge in [-0.2, -0.15) is 0 Å². The lowest BCUT2D eigenvalue weighted by Gasteiger charge is -2.36. The van der Waals surface area contributed by atoms with Gasteiger partial charge < -0.3 is 20.3 Å². The summed E-state index contributed by atoms with van der Waals surface area (Å²) in [5.74, 6) is 2.68. The summed E-state index contributed by atoms with van der Waals surface area (Å²) in [7, 11) is 1.59. The molecule has 2 aromatic rings. The van der Waals surface area contributed by atoms with Crippen LogP contribution in [0.2, 0.25) is 0 Å². The zero-order valence-corrected chi connectivity index (χ0v) is 11.9. The van der Waals surface area contributed by atoms with E-state index in [4.69, 9.17) is 10.5 Å². The minimum Gasteiger partial charge on any atom is -0.490 e. The molecule has 1 saturated heterocycles. The molecule has 7 heteroatoms. The van der Waals surface area contributed by atoms with Crippen LogP contribution in [-0.2, 0) is 0 Å². The number of nitrogens with two attached hydrogens (primary N) is 1. The highest BCUT2D eigenvalue weighted by Gasteiger charge is 2.22. The number of rotatable bonds is 3. The van der Waals surface area contributed by atoms with Gasteiger partial charge in [0.05, 0.1) is 7.11 Å². The fraction of sp³-hybridized carbons (Fsp3) is 0.357. The highest BCUT2D eigenvalue weighted by molar-refractivity contribution is 5.63. The molecule has 1 fully saturated rings. The number of hydrogen-bond acceptors (Lipinski definition) is 7. The Bertz CT molecular complexity index is 598. The summed E-state index contributed by atoms with van der Waals surface area (Å²) in [4.78, 5) is 17.1. The van der Waals surface area contributed by atoms with Crippen molar-refractivity contribution in [2.45, 2.75) is 0 Å². The number of anilines is 3. The van der Waals surface area contributed by atoms with Crippen molar-refractivity contribution in [3.8, 4) is 5.75 Å². The minimum absolute atomic E-state index is 0.370. The van der Waals surface area contributed by atoms with Gasteiger partial charge in [-0.25, -0.2) is 15.0 Å². The van der Waals surface area contributed by atoms with E-state index in [1.807, 2.05) is 24.4 Å². The second kappa shape index (κ2) is 5.82. The first-order valence-corrected chi connectivity index (χ1v) is 6.85. The number of piperazine rings is 1. The van der Waals surface area contributed by atoms with Gasteiger partial charge in [0, 0.05) is 32.4 Å². The second-order valence-corrected chi connectivity index (χ2v) is 4.78. The molecule has 0 aromatic carbocycles. The zero-order chi connectivity index (χ0) is 14.7. The molecule has 2 aromatic heterocycles. The average molecular weight is 286 g/mol. The molecular weight excluding hydrogens is 268 g/mol. The molecule has 0 saturated carbocycles. The molecule has 3 heterocycles. The van der Waals surface area contributed by atoms with Crippen LogP contribution in [0.15, 0.2) is 30.7 Å². The lowest BCUT2D eigenvalue weighted by Crippen LogP contribution is -2.47. The standard InChI is InChI=1S/C14H18N6O/c1-21-12-13(15)17-10-18-14(12)20-8-6-19(7-9-20)11-4-2-3-5-16-11/h2-5,10H,6-9H2,1H3,(H2,15,17,18). The summed E-state index contributed by atoms with van der Waals surface area (Å²) >= 11 is 0. The number of nitrogens with zero attached hydrogens (tertiary/aromatic N) is 5. The first-order valence-electron chi connectivity index (χ1n) is 6.85. The van der Waals surface area contributed by atoms with Crippen LogP contribution in [0.25, 0.3) is 0 Å². The molecule has 0 spiro atoms. The Labute approximate surface area is 123 Å². The normalized spacial score (nSPS) is 15.1. The van der Waals surface area contributed by atoms with Gasteiger partial charge in [0.25, 0.3) is 0 Å². The van der Waals surface area contributed by atoms with Crippen LogP contribution in [0.4, 0.5) is 17.5 Å². The molecule has 0 bridgehead atoms. The number of methoxy groups -OCH3 is 1. The lowest BCUT2D eigenvalue weighted by atomic mass is 10.3. The highest BCUT2D eigenvalue weighted by atomic mass is 16.5. The van der Waals surface area contributed by atoms with Gasteiger partial charge in [-0.15, -0.1) is 0 Å². The Hall–Kier alpha value is -2.57. The average Bonchev–Trinajstić information content (AvgIpc) is 2.55. The molecule has 1 aliphatic heterocycles. The Morgan fingerprint density at radius 3 is 2.48 bits per heavy atom. The SMILES string of the molecule is COc1c(N)ncnc1N1CCN(c2ccccn2)CC1. The first kappa shape index (κ1) is 13.4. The van der Waals surface area contributed by atoms with Gasteiger partial charge >= 0.3 is 0 Å². The van der Waals surface area contributed by atoms with E-state index >= 15 is 0 Å². The van der Waals surface area contributed by atoms with Crippen molar-refractivity contribution in [3.05, 3.63) is 30.7 Å². The third kappa shape index (κ3) is 2.67. The molecule has 0 aliphatic carbocycles. The molecule has 110 valence electrons. The Kier molecular flexibility index (Phi) is 3.72. The van der Waals surface area contributed by atoms with Crippen molar-refractivity contribution in [2.24, 2.45) is 0 Å². The van der Waals surface area contributed by atoms with Crippen molar-refractivity contribution in [2.75, 3.05) is 48.8 Å². The third-order valence-corrected chi connectivity index (χ3v) is 3.57. The maximum absolute atomic E-state index is 5.83. The maximum atomic E-state index is 5.83. The van der Waals surface area contributed by atoms with E-state index in [1.165, 1.54) is 6.33 Å². The van der Waals surface area contributed by atoms with Crippen molar-refractivity contribution in [3.63, 3.8) is 0 Å². The largest absolute Gasteiger partial charge is 0.490 e. The molecule has 0 radical (unpaired) electrons. The Morgan fingerprint density at radius 1 is 1.05 bits per heavy atom. The van der Waals surface area contributed by atoms with Crippen LogP contribution < -0.4 is 20.3 Å². The van der Waals surface area contributed by atoms with Crippen molar-refractivity contribution in [1.82, 2.24) is 15.0 Å². The summed E-state index contributed by atoms with van der Waals surface area (Å²) in [6, 6.07) is 5.95. The number of nitrogen functional groups attached to an aromatic ring is 1. The van der Waals surface area contributed by atoms with Gasteiger partial charge in [-0.1, -0.05) is 6.07 Å².